The molecule has 1 unspecified atom stereocenters. The first-order valence-electron chi connectivity index (χ1n) is 11.6. The first-order chi connectivity index (χ1) is 15.6. The number of halogens is 1. The van der Waals surface area contributed by atoms with Crippen molar-refractivity contribution in [3.8, 4) is 17.3 Å². The van der Waals surface area contributed by atoms with Crippen LogP contribution in [-0.4, -0.2) is 39.0 Å². The number of nitrogens with zero attached hydrogens (tertiary/aromatic N) is 3. The van der Waals surface area contributed by atoms with Crippen molar-refractivity contribution in [2.45, 2.75) is 52.2 Å². The Kier molecular flexibility index (Phi) is 7.22. The molecule has 0 aliphatic heterocycles. The third-order valence-corrected chi connectivity index (χ3v) is 5.93. The number of benzene rings is 2. The third-order valence-electron chi connectivity index (χ3n) is 5.93. The molecule has 1 aliphatic carbocycles. The predicted molar refractivity (Wildman–Crippen MR) is 124 cm³/mol. The highest BCUT2D eigenvalue weighted by Gasteiger charge is 2.28. The van der Waals surface area contributed by atoms with Gasteiger partial charge in [0.25, 0.3) is 0 Å². The molecule has 0 radical (unpaired) electrons. The SMILES string of the molecule is CCc1nn(-c2ccccc2)c(Oc2ccccc2F)c1CN(CC(O)CC)CC1CC1. The molecular weight excluding hydrogens is 405 g/mol. The summed E-state index contributed by atoms with van der Waals surface area (Å²) in [6.07, 6.45) is 3.54. The minimum atomic E-state index is -0.409. The maximum absolute atomic E-state index is 14.5. The van der Waals surface area contributed by atoms with Crippen LogP contribution in [0.4, 0.5) is 4.39 Å². The van der Waals surface area contributed by atoms with Crippen molar-refractivity contribution in [3.05, 3.63) is 71.7 Å². The lowest BCUT2D eigenvalue weighted by atomic mass is 10.1. The topological polar surface area (TPSA) is 50.5 Å². The van der Waals surface area contributed by atoms with Crippen LogP contribution in [0.15, 0.2) is 54.6 Å². The van der Waals surface area contributed by atoms with Crippen LogP contribution in [0.25, 0.3) is 5.69 Å². The Hall–Kier alpha value is -2.70. The van der Waals surface area contributed by atoms with Crippen LogP contribution in [0.5, 0.6) is 11.6 Å². The van der Waals surface area contributed by atoms with E-state index in [1.165, 1.54) is 18.9 Å². The van der Waals surface area contributed by atoms with Gasteiger partial charge in [0, 0.05) is 19.6 Å². The van der Waals surface area contributed by atoms with E-state index in [1.54, 1.807) is 22.9 Å². The maximum Gasteiger partial charge on any atom is 0.227 e. The third kappa shape index (κ3) is 5.37. The minimum Gasteiger partial charge on any atom is -0.435 e. The van der Waals surface area contributed by atoms with Crippen molar-refractivity contribution in [3.63, 3.8) is 0 Å². The highest BCUT2D eigenvalue weighted by molar-refractivity contribution is 5.44. The molecule has 6 heteroatoms. The van der Waals surface area contributed by atoms with E-state index >= 15 is 0 Å². The number of aryl methyl sites for hydroxylation is 1. The van der Waals surface area contributed by atoms with E-state index in [-0.39, 0.29) is 11.9 Å². The molecule has 1 aliphatic rings. The zero-order valence-corrected chi connectivity index (χ0v) is 18.9. The highest BCUT2D eigenvalue weighted by Crippen LogP contribution is 2.35. The minimum absolute atomic E-state index is 0.177. The monoisotopic (exact) mass is 437 g/mol. The van der Waals surface area contributed by atoms with Crippen molar-refractivity contribution >= 4 is 0 Å². The molecule has 0 saturated heterocycles. The van der Waals surface area contributed by atoms with Gasteiger partial charge in [0.1, 0.15) is 0 Å². The average Bonchev–Trinajstić information content (AvgIpc) is 3.56. The van der Waals surface area contributed by atoms with Gasteiger partial charge in [-0.3, -0.25) is 4.90 Å². The first kappa shape index (κ1) is 22.5. The van der Waals surface area contributed by atoms with Gasteiger partial charge >= 0.3 is 0 Å². The van der Waals surface area contributed by atoms with Crippen molar-refractivity contribution in [1.29, 1.82) is 0 Å². The van der Waals surface area contributed by atoms with Gasteiger partial charge < -0.3 is 9.84 Å². The molecule has 1 fully saturated rings. The molecule has 4 rings (SSSR count). The van der Waals surface area contributed by atoms with Crippen molar-refractivity contribution in [2.75, 3.05) is 13.1 Å². The van der Waals surface area contributed by atoms with Gasteiger partial charge in [-0.15, -0.1) is 0 Å². The van der Waals surface area contributed by atoms with Gasteiger partial charge in [-0.2, -0.15) is 5.10 Å². The number of hydrogen-bond donors (Lipinski definition) is 1. The van der Waals surface area contributed by atoms with Gasteiger partial charge in [-0.1, -0.05) is 44.2 Å². The van der Waals surface area contributed by atoms with Crippen molar-refractivity contribution < 1.29 is 14.2 Å². The van der Waals surface area contributed by atoms with Crippen LogP contribution in [0.1, 0.15) is 44.4 Å². The smallest absolute Gasteiger partial charge is 0.227 e. The van der Waals surface area contributed by atoms with E-state index in [4.69, 9.17) is 9.84 Å². The molecule has 1 atom stereocenters. The molecule has 0 amide bonds. The van der Waals surface area contributed by atoms with E-state index in [0.29, 0.717) is 31.3 Å². The standard InChI is InChI=1S/C26H32FN3O2/c1-3-21(31)17-29(16-19-14-15-19)18-22-24(4-2)28-30(20-10-6-5-7-11-20)26(22)32-25-13-9-8-12-23(25)27/h5-13,19,21,31H,3-4,14-18H2,1-2H3. The van der Waals surface area contributed by atoms with E-state index in [0.717, 1.165) is 29.9 Å². The Morgan fingerprint density at radius 1 is 1.12 bits per heavy atom. The molecule has 1 saturated carbocycles. The van der Waals surface area contributed by atoms with Crippen LogP contribution in [0.2, 0.25) is 0 Å². The van der Waals surface area contributed by atoms with Crippen LogP contribution in [-0.2, 0) is 13.0 Å². The number of aromatic nitrogens is 2. The zero-order valence-electron chi connectivity index (χ0n) is 18.9. The number of ether oxygens (including phenoxy) is 1. The first-order valence-corrected chi connectivity index (χ1v) is 11.6. The fourth-order valence-electron chi connectivity index (χ4n) is 3.92. The van der Waals surface area contributed by atoms with E-state index in [9.17, 15) is 9.50 Å². The van der Waals surface area contributed by atoms with Crippen molar-refractivity contribution in [2.24, 2.45) is 5.92 Å². The average molecular weight is 438 g/mol. The molecule has 2 aromatic carbocycles. The Morgan fingerprint density at radius 2 is 1.84 bits per heavy atom. The van der Waals surface area contributed by atoms with Gasteiger partial charge in [0.2, 0.25) is 5.88 Å². The molecule has 170 valence electrons. The lowest BCUT2D eigenvalue weighted by Crippen LogP contribution is -2.33. The second-order valence-electron chi connectivity index (χ2n) is 8.56. The predicted octanol–water partition coefficient (Wildman–Crippen LogP) is 5.35. The molecule has 1 aromatic heterocycles. The van der Waals surface area contributed by atoms with Crippen LogP contribution in [0, 0.1) is 11.7 Å². The molecule has 3 aromatic rings. The van der Waals surface area contributed by atoms with E-state index in [1.807, 2.05) is 37.3 Å². The number of para-hydroxylation sites is 2. The lowest BCUT2D eigenvalue weighted by Gasteiger charge is -2.25. The van der Waals surface area contributed by atoms with Gasteiger partial charge in [0.05, 0.1) is 23.0 Å². The normalized spacial score (nSPS) is 14.7. The number of hydrogen-bond acceptors (Lipinski definition) is 4. The Balaban J connectivity index is 1.75. The van der Waals surface area contributed by atoms with E-state index < -0.39 is 5.82 Å². The van der Waals surface area contributed by atoms with Crippen LogP contribution in [0.3, 0.4) is 0 Å². The maximum atomic E-state index is 14.5. The van der Waals surface area contributed by atoms with E-state index in [2.05, 4.69) is 11.8 Å². The molecule has 32 heavy (non-hydrogen) atoms. The lowest BCUT2D eigenvalue weighted by molar-refractivity contribution is 0.102. The summed E-state index contributed by atoms with van der Waals surface area (Å²) >= 11 is 0. The second kappa shape index (κ2) is 10.3. The van der Waals surface area contributed by atoms with Crippen molar-refractivity contribution in [1.82, 2.24) is 14.7 Å². The Labute approximate surface area is 189 Å². The number of aliphatic hydroxyl groups is 1. The fraction of sp³-hybridized carbons (Fsp3) is 0.423. The second-order valence-corrected chi connectivity index (χ2v) is 8.56. The summed E-state index contributed by atoms with van der Waals surface area (Å²) in [4.78, 5) is 2.30. The molecule has 1 N–H and O–H groups in total. The summed E-state index contributed by atoms with van der Waals surface area (Å²) in [5.41, 5.74) is 2.73. The highest BCUT2D eigenvalue weighted by atomic mass is 19.1. The van der Waals surface area contributed by atoms with Gasteiger partial charge in [-0.25, -0.2) is 9.07 Å². The molecule has 0 bridgehead atoms. The number of rotatable bonds is 11. The molecular formula is C26H32FN3O2. The summed E-state index contributed by atoms with van der Waals surface area (Å²) in [5, 5.41) is 15.2. The quantitative estimate of drug-likeness (QED) is 0.439. The van der Waals surface area contributed by atoms with Crippen LogP contribution < -0.4 is 4.74 Å². The summed E-state index contributed by atoms with van der Waals surface area (Å²) < 4.78 is 22.5. The summed E-state index contributed by atoms with van der Waals surface area (Å²) in [6.45, 7) is 6.22. The largest absolute Gasteiger partial charge is 0.435 e. The molecule has 0 spiro atoms. The number of aliphatic hydroxyl groups excluding tert-OH is 1. The molecule has 5 nitrogen and oxygen atoms in total. The summed E-state index contributed by atoms with van der Waals surface area (Å²) in [5.74, 6) is 0.985. The Morgan fingerprint density at radius 3 is 2.50 bits per heavy atom. The van der Waals surface area contributed by atoms with Crippen LogP contribution >= 0.6 is 0 Å². The summed E-state index contributed by atoms with van der Waals surface area (Å²) in [7, 11) is 0. The fourth-order valence-corrected chi connectivity index (χ4v) is 3.92. The van der Waals surface area contributed by atoms with Gasteiger partial charge in [0.15, 0.2) is 11.6 Å². The zero-order chi connectivity index (χ0) is 22.5. The molecule has 1 heterocycles. The van der Waals surface area contributed by atoms with Gasteiger partial charge in [-0.05, 0) is 55.9 Å². The Bertz CT molecular complexity index is 1020. The summed E-state index contributed by atoms with van der Waals surface area (Å²) in [6, 6.07) is 16.2.